The molecule has 174 valence electrons. The molecule has 0 bridgehead atoms. The van der Waals surface area contributed by atoms with Gasteiger partial charge in [-0.3, -0.25) is 19.5 Å². The largest absolute Gasteiger partial charge is 0.361 e. The molecule has 2 amide bonds. The lowest BCUT2D eigenvalue weighted by atomic mass is 9.99. The molecule has 1 N–H and O–H groups in total. The highest BCUT2D eigenvalue weighted by Gasteiger charge is 2.33. The van der Waals surface area contributed by atoms with E-state index >= 15 is 0 Å². The van der Waals surface area contributed by atoms with Gasteiger partial charge in [0.25, 0.3) is 11.8 Å². The smallest absolute Gasteiger partial charge is 0.276 e. The van der Waals surface area contributed by atoms with Gasteiger partial charge in [0, 0.05) is 49.2 Å². The van der Waals surface area contributed by atoms with Gasteiger partial charge in [-0.2, -0.15) is 0 Å². The average molecular weight is 450 g/mol. The summed E-state index contributed by atoms with van der Waals surface area (Å²) in [5.41, 5.74) is 3.49. The van der Waals surface area contributed by atoms with Crippen molar-refractivity contribution < 1.29 is 14.1 Å². The summed E-state index contributed by atoms with van der Waals surface area (Å²) in [4.78, 5) is 34.7. The zero-order valence-corrected chi connectivity index (χ0v) is 19.7. The number of hydrogen-bond acceptors (Lipinski definition) is 6. The Hall–Kier alpha value is -3.26. The van der Waals surface area contributed by atoms with E-state index in [0.29, 0.717) is 36.7 Å². The molecule has 3 heterocycles. The van der Waals surface area contributed by atoms with Crippen LogP contribution in [0, 0.1) is 6.92 Å². The van der Waals surface area contributed by atoms with Gasteiger partial charge in [0.05, 0.1) is 11.1 Å². The van der Waals surface area contributed by atoms with E-state index in [9.17, 15) is 9.59 Å². The van der Waals surface area contributed by atoms with Crippen molar-refractivity contribution in [1.29, 1.82) is 0 Å². The Morgan fingerprint density at radius 1 is 1.24 bits per heavy atom. The molecule has 0 radical (unpaired) electrons. The Morgan fingerprint density at radius 3 is 2.73 bits per heavy atom. The molecule has 1 fully saturated rings. The summed E-state index contributed by atoms with van der Waals surface area (Å²) >= 11 is 0. The van der Waals surface area contributed by atoms with E-state index in [4.69, 9.17) is 9.51 Å². The van der Waals surface area contributed by atoms with Crippen molar-refractivity contribution in [2.45, 2.75) is 39.7 Å². The fourth-order valence-electron chi connectivity index (χ4n) is 4.48. The number of likely N-dealkylation sites (tertiary alicyclic amines) is 1. The number of aryl methyl sites for hydroxylation is 1. The van der Waals surface area contributed by atoms with Crippen molar-refractivity contribution >= 4 is 22.7 Å². The van der Waals surface area contributed by atoms with Gasteiger partial charge in [-0.1, -0.05) is 37.2 Å². The van der Waals surface area contributed by atoms with Gasteiger partial charge in [0.15, 0.2) is 5.69 Å². The molecule has 1 atom stereocenters. The fourth-order valence-corrected chi connectivity index (χ4v) is 4.48. The van der Waals surface area contributed by atoms with E-state index in [0.717, 1.165) is 41.7 Å². The highest BCUT2D eigenvalue weighted by atomic mass is 16.5. The van der Waals surface area contributed by atoms with Crippen molar-refractivity contribution in [2.75, 3.05) is 33.2 Å². The molecule has 2 aromatic heterocycles. The number of hydrogen-bond donors (Lipinski definition) is 1. The Morgan fingerprint density at radius 2 is 2.00 bits per heavy atom. The van der Waals surface area contributed by atoms with Crippen LogP contribution in [-0.4, -0.2) is 65.0 Å². The number of carbonyl (C=O) groups excluding carboxylic acids is 2. The first-order valence-electron chi connectivity index (χ1n) is 11.5. The summed E-state index contributed by atoms with van der Waals surface area (Å²) in [5.74, 6) is 0.498. The first kappa shape index (κ1) is 22.9. The number of aromatic nitrogens is 2. The van der Waals surface area contributed by atoms with Gasteiger partial charge in [-0.05, 0) is 38.6 Å². The van der Waals surface area contributed by atoms with Crippen molar-refractivity contribution in [3.8, 4) is 0 Å². The third-order valence-corrected chi connectivity index (χ3v) is 6.56. The van der Waals surface area contributed by atoms with Crippen molar-refractivity contribution in [3.05, 3.63) is 58.6 Å². The second-order valence-corrected chi connectivity index (χ2v) is 8.46. The van der Waals surface area contributed by atoms with E-state index in [1.165, 1.54) is 0 Å². The zero-order valence-electron chi connectivity index (χ0n) is 19.7. The highest BCUT2D eigenvalue weighted by Crippen LogP contribution is 2.31. The number of rotatable bonds is 7. The van der Waals surface area contributed by atoms with E-state index in [1.807, 2.05) is 42.2 Å². The summed E-state index contributed by atoms with van der Waals surface area (Å²) in [5, 5.41) is 7.65. The third kappa shape index (κ3) is 4.48. The average Bonchev–Trinajstić information content (AvgIpc) is 3.48. The molecule has 8 nitrogen and oxygen atoms in total. The predicted octanol–water partition coefficient (Wildman–Crippen LogP) is 3.36. The lowest BCUT2D eigenvalue weighted by molar-refractivity contribution is 0.0778. The van der Waals surface area contributed by atoms with E-state index < -0.39 is 0 Å². The van der Waals surface area contributed by atoms with Crippen LogP contribution >= 0.6 is 0 Å². The van der Waals surface area contributed by atoms with Crippen LogP contribution in [-0.2, 0) is 6.54 Å². The Labute approximate surface area is 193 Å². The summed E-state index contributed by atoms with van der Waals surface area (Å²) in [6, 6.07) is 9.52. The standard InChI is InChI=1S/C25H31N5O3/c1-5-29(6-2)15-20-16(3)33-28-23(20)25(32)30-12-11-17(14-30)22-13-19(24(31)26-4)18-9-7-8-10-21(18)27-22/h7-10,13,17H,5-6,11-12,14-15H2,1-4H3,(H,26,31)/t17-/m0/s1. The summed E-state index contributed by atoms with van der Waals surface area (Å²) in [7, 11) is 1.63. The molecule has 1 aromatic carbocycles. The minimum atomic E-state index is -0.139. The molecule has 1 aliphatic rings. The zero-order chi connectivity index (χ0) is 23.5. The number of nitrogens with zero attached hydrogens (tertiary/aromatic N) is 4. The van der Waals surface area contributed by atoms with Crippen LogP contribution in [0.4, 0.5) is 0 Å². The number of fused-ring (bicyclic) bond motifs is 1. The highest BCUT2D eigenvalue weighted by molar-refractivity contribution is 6.06. The molecule has 0 aliphatic carbocycles. The van der Waals surface area contributed by atoms with Crippen LogP contribution in [0.5, 0.6) is 0 Å². The normalized spacial score (nSPS) is 16.0. The van der Waals surface area contributed by atoms with E-state index in [2.05, 4.69) is 29.2 Å². The van der Waals surface area contributed by atoms with Crippen LogP contribution in [0.1, 0.15) is 64.1 Å². The van der Waals surface area contributed by atoms with Gasteiger partial charge in [0.2, 0.25) is 0 Å². The summed E-state index contributed by atoms with van der Waals surface area (Å²) in [6.45, 7) is 9.63. The van der Waals surface area contributed by atoms with Gasteiger partial charge in [-0.15, -0.1) is 0 Å². The second-order valence-electron chi connectivity index (χ2n) is 8.46. The molecular formula is C25H31N5O3. The first-order valence-corrected chi connectivity index (χ1v) is 11.5. The fraction of sp³-hybridized carbons (Fsp3) is 0.440. The van der Waals surface area contributed by atoms with Crippen LogP contribution in [0.2, 0.25) is 0 Å². The predicted molar refractivity (Wildman–Crippen MR) is 126 cm³/mol. The maximum absolute atomic E-state index is 13.4. The molecule has 0 unspecified atom stereocenters. The van der Waals surface area contributed by atoms with Gasteiger partial charge >= 0.3 is 0 Å². The molecule has 4 rings (SSSR count). The number of para-hydroxylation sites is 1. The molecule has 3 aromatic rings. The minimum Gasteiger partial charge on any atom is -0.361 e. The topological polar surface area (TPSA) is 91.6 Å². The van der Waals surface area contributed by atoms with Crippen LogP contribution < -0.4 is 5.32 Å². The van der Waals surface area contributed by atoms with Crippen molar-refractivity contribution in [2.24, 2.45) is 0 Å². The van der Waals surface area contributed by atoms with Crippen molar-refractivity contribution in [3.63, 3.8) is 0 Å². The Kier molecular flexibility index (Phi) is 6.74. The maximum Gasteiger partial charge on any atom is 0.276 e. The second kappa shape index (κ2) is 9.70. The van der Waals surface area contributed by atoms with Crippen LogP contribution in [0.3, 0.4) is 0 Å². The summed E-state index contributed by atoms with van der Waals surface area (Å²) in [6.07, 6.45) is 0.784. The number of carbonyl (C=O) groups is 2. The maximum atomic E-state index is 13.4. The first-order chi connectivity index (χ1) is 16.0. The van der Waals surface area contributed by atoms with E-state index in [1.54, 1.807) is 7.05 Å². The molecule has 8 heteroatoms. The minimum absolute atomic E-state index is 0.0567. The lowest BCUT2D eigenvalue weighted by Crippen LogP contribution is -2.31. The summed E-state index contributed by atoms with van der Waals surface area (Å²) < 4.78 is 5.40. The number of nitrogens with one attached hydrogen (secondary N) is 1. The molecule has 0 saturated carbocycles. The van der Waals surface area contributed by atoms with E-state index in [-0.39, 0.29) is 17.7 Å². The molecule has 0 spiro atoms. The molecule has 33 heavy (non-hydrogen) atoms. The Balaban J connectivity index is 1.58. The quantitative estimate of drug-likeness (QED) is 0.595. The number of benzene rings is 1. The van der Waals surface area contributed by atoms with Crippen LogP contribution in [0.25, 0.3) is 10.9 Å². The number of amides is 2. The van der Waals surface area contributed by atoms with Crippen LogP contribution in [0.15, 0.2) is 34.9 Å². The monoisotopic (exact) mass is 449 g/mol. The van der Waals surface area contributed by atoms with Gasteiger partial charge < -0.3 is 14.7 Å². The van der Waals surface area contributed by atoms with Crippen molar-refractivity contribution in [1.82, 2.24) is 25.3 Å². The lowest BCUT2D eigenvalue weighted by Gasteiger charge is -2.19. The van der Waals surface area contributed by atoms with Gasteiger partial charge in [0.1, 0.15) is 5.76 Å². The molecule has 1 aliphatic heterocycles. The molecule has 1 saturated heterocycles. The Bertz CT molecular complexity index is 1170. The molecular weight excluding hydrogens is 418 g/mol. The van der Waals surface area contributed by atoms with Gasteiger partial charge in [-0.25, -0.2) is 0 Å². The third-order valence-electron chi connectivity index (χ3n) is 6.56. The number of pyridine rings is 1. The SMILES string of the molecule is CCN(CC)Cc1c(C(=O)N2CC[C@H](c3cc(C(=O)NC)c4ccccc4n3)C2)noc1C.